The molecule has 1 fully saturated rings. The Kier molecular flexibility index (Phi) is 3.94. The lowest BCUT2D eigenvalue weighted by Crippen LogP contribution is -2.22. The minimum atomic E-state index is 0.799. The first-order valence-electron chi connectivity index (χ1n) is 6.43. The van der Waals surface area contributed by atoms with E-state index in [2.05, 4.69) is 41.1 Å². The van der Waals surface area contributed by atoms with Crippen LogP contribution in [-0.4, -0.2) is 30.1 Å². The predicted molar refractivity (Wildman–Crippen MR) is 70.0 cm³/mol. The van der Waals surface area contributed by atoms with Gasteiger partial charge in [0.25, 0.3) is 0 Å². The van der Waals surface area contributed by atoms with Gasteiger partial charge in [-0.25, -0.2) is 4.98 Å². The molecule has 2 atom stereocenters. The molecule has 0 spiro atoms. The molecule has 4 heteroatoms. The smallest absolute Gasteiger partial charge is 0.146 e. The normalized spacial score (nSPS) is 22.5. The number of anilines is 1. The van der Waals surface area contributed by atoms with Gasteiger partial charge in [0.2, 0.25) is 0 Å². The molecule has 2 rings (SSSR count). The second kappa shape index (κ2) is 5.45. The number of aromatic nitrogens is 2. The number of hydrogen-bond acceptors (Lipinski definition) is 4. The van der Waals surface area contributed by atoms with Gasteiger partial charge in [-0.3, -0.25) is 4.98 Å². The molecule has 0 aromatic carbocycles. The molecule has 1 saturated carbocycles. The summed E-state index contributed by atoms with van der Waals surface area (Å²) in [7, 11) is 2.10. The SMILES string of the molecule is CCNCc1cnc(N(C)CC2CC2C)cn1. The van der Waals surface area contributed by atoms with Crippen molar-refractivity contribution in [3.63, 3.8) is 0 Å². The summed E-state index contributed by atoms with van der Waals surface area (Å²) < 4.78 is 0. The van der Waals surface area contributed by atoms with E-state index in [0.717, 1.165) is 43.0 Å². The van der Waals surface area contributed by atoms with Crippen molar-refractivity contribution >= 4 is 5.82 Å². The van der Waals surface area contributed by atoms with Crippen molar-refractivity contribution in [1.82, 2.24) is 15.3 Å². The molecule has 1 aromatic heterocycles. The first-order chi connectivity index (χ1) is 8.20. The molecule has 1 aliphatic carbocycles. The maximum absolute atomic E-state index is 4.46. The van der Waals surface area contributed by atoms with Crippen LogP contribution in [0.15, 0.2) is 12.4 Å². The van der Waals surface area contributed by atoms with Gasteiger partial charge >= 0.3 is 0 Å². The van der Waals surface area contributed by atoms with Crippen LogP contribution in [0.5, 0.6) is 0 Å². The van der Waals surface area contributed by atoms with Crippen LogP contribution in [-0.2, 0) is 6.54 Å². The maximum Gasteiger partial charge on any atom is 0.146 e. The van der Waals surface area contributed by atoms with Crippen molar-refractivity contribution in [2.24, 2.45) is 11.8 Å². The van der Waals surface area contributed by atoms with Crippen LogP contribution in [0, 0.1) is 11.8 Å². The Morgan fingerprint density at radius 2 is 2.18 bits per heavy atom. The van der Waals surface area contributed by atoms with E-state index in [1.54, 1.807) is 0 Å². The Bertz CT molecular complexity index is 349. The first-order valence-corrected chi connectivity index (χ1v) is 6.43. The topological polar surface area (TPSA) is 41.1 Å². The zero-order valence-electron chi connectivity index (χ0n) is 11.0. The molecule has 4 nitrogen and oxygen atoms in total. The second-order valence-corrected chi connectivity index (χ2v) is 5.00. The van der Waals surface area contributed by atoms with Gasteiger partial charge in [-0.1, -0.05) is 13.8 Å². The van der Waals surface area contributed by atoms with Crippen molar-refractivity contribution in [3.05, 3.63) is 18.1 Å². The van der Waals surface area contributed by atoms with E-state index in [1.165, 1.54) is 6.42 Å². The number of hydrogen-bond donors (Lipinski definition) is 1. The van der Waals surface area contributed by atoms with Crippen molar-refractivity contribution in [3.8, 4) is 0 Å². The summed E-state index contributed by atoms with van der Waals surface area (Å²) in [4.78, 5) is 11.1. The molecular weight excluding hydrogens is 212 g/mol. The molecule has 94 valence electrons. The molecule has 0 amide bonds. The highest BCUT2D eigenvalue weighted by atomic mass is 15.2. The third-order valence-corrected chi connectivity index (χ3v) is 3.42. The largest absolute Gasteiger partial charge is 0.358 e. The van der Waals surface area contributed by atoms with Gasteiger partial charge < -0.3 is 10.2 Å². The van der Waals surface area contributed by atoms with E-state index in [1.807, 2.05) is 12.4 Å². The van der Waals surface area contributed by atoms with E-state index in [9.17, 15) is 0 Å². The number of rotatable bonds is 6. The molecule has 1 aromatic rings. The Balaban J connectivity index is 1.87. The lowest BCUT2D eigenvalue weighted by atomic mass is 10.3. The van der Waals surface area contributed by atoms with Gasteiger partial charge in [0.15, 0.2) is 0 Å². The predicted octanol–water partition coefficient (Wildman–Crippen LogP) is 1.68. The standard InChI is InChI=1S/C13H22N4/c1-4-14-6-12-7-16-13(8-15-12)17(3)9-11-5-10(11)2/h7-8,10-11,14H,4-6,9H2,1-3H3. The van der Waals surface area contributed by atoms with Crippen LogP contribution in [0.4, 0.5) is 5.82 Å². The van der Waals surface area contributed by atoms with Crippen molar-refractivity contribution in [1.29, 1.82) is 0 Å². The fraction of sp³-hybridized carbons (Fsp3) is 0.692. The summed E-state index contributed by atoms with van der Waals surface area (Å²) >= 11 is 0. The molecule has 1 aliphatic rings. The van der Waals surface area contributed by atoms with E-state index in [4.69, 9.17) is 0 Å². The van der Waals surface area contributed by atoms with E-state index < -0.39 is 0 Å². The highest BCUT2D eigenvalue weighted by Gasteiger charge is 2.33. The second-order valence-electron chi connectivity index (χ2n) is 5.00. The van der Waals surface area contributed by atoms with Crippen LogP contribution < -0.4 is 10.2 Å². The lowest BCUT2D eigenvalue weighted by Gasteiger charge is -2.17. The summed E-state index contributed by atoms with van der Waals surface area (Å²) in [6.07, 6.45) is 5.10. The fourth-order valence-corrected chi connectivity index (χ4v) is 1.99. The highest BCUT2D eigenvalue weighted by molar-refractivity contribution is 5.34. The van der Waals surface area contributed by atoms with Crippen LogP contribution in [0.25, 0.3) is 0 Å². The van der Waals surface area contributed by atoms with Crippen LogP contribution in [0.2, 0.25) is 0 Å². The molecule has 0 radical (unpaired) electrons. The minimum absolute atomic E-state index is 0.799. The molecule has 0 aliphatic heterocycles. The molecule has 2 unspecified atom stereocenters. The first kappa shape index (κ1) is 12.3. The molecule has 0 saturated heterocycles. The van der Waals surface area contributed by atoms with Gasteiger partial charge in [-0.05, 0) is 24.8 Å². The van der Waals surface area contributed by atoms with E-state index in [-0.39, 0.29) is 0 Å². The quantitative estimate of drug-likeness (QED) is 0.813. The maximum atomic E-state index is 4.46. The summed E-state index contributed by atoms with van der Waals surface area (Å²) in [5.41, 5.74) is 1.00. The third-order valence-electron chi connectivity index (χ3n) is 3.42. The van der Waals surface area contributed by atoms with Crippen molar-refractivity contribution < 1.29 is 0 Å². The number of nitrogens with one attached hydrogen (secondary N) is 1. The average Bonchev–Trinajstić information content (AvgIpc) is 3.03. The number of nitrogens with zero attached hydrogens (tertiary/aromatic N) is 3. The van der Waals surface area contributed by atoms with Crippen LogP contribution >= 0.6 is 0 Å². The van der Waals surface area contributed by atoms with E-state index >= 15 is 0 Å². The molecule has 17 heavy (non-hydrogen) atoms. The van der Waals surface area contributed by atoms with Gasteiger partial charge in [0, 0.05) is 20.1 Å². The molecule has 1 N–H and O–H groups in total. The van der Waals surface area contributed by atoms with Gasteiger partial charge in [-0.2, -0.15) is 0 Å². The van der Waals surface area contributed by atoms with Gasteiger partial charge in [0.1, 0.15) is 5.82 Å². The van der Waals surface area contributed by atoms with E-state index in [0.29, 0.717) is 0 Å². The zero-order valence-corrected chi connectivity index (χ0v) is 11.0. The van der Waals surface area contributed by atoms with Gasteiger partial charge in [0.05, 0.1) is 18.1 Å². The van der Waals surface area contributed by atoms with Crippen LogP contribution in [0.3, 0.4) is 0 Å². The Morgan fingerprint density at radius 1 is 1.41 bits per heavy atom. The summed E-state index contributed by atoms with van der Waals surface area (Å²) in [5, 5.41) is 3.25. The summed E-state index contributed by atoms with van der Waals surface area (Å²) in [6.45, 7) is 7.26. The third kappa shape index (κ3) is 3.40. The summed E-state index contributed by atoms with van der Waals surface area (Å²) in [6, 6.07) is 0. The van der Waals surface area contributed by atoms with Gasteiger partial charge in [-0.15, -0.1) is 0 Å². The molecule has 1 heterocycles. The zero-order chi connectivity index (χ0) is 12.3. The monoisotopic (exact) mass is 234 g/mol. The average molecular weight is 234 g/mol. The minimum Gasteiger partial charge on any atom is -0.358 e. The molecular formula is C13H22N4. The Morgan fingerprint density at radius 3 is 2.71 bits per heavy atom. The van der Waals surface area contributed by atoms with Crippen molar-refractivity contribution in [2.75, 3.05) is 25.0 Å². The Labute approximate surface area is 103 Å². The van der Waals surface area contributed by atoms with Crippen molar-refractivity contribution in [2.45, 2.75) is 26.8 Å². The molecule has 0 bridgehead atoms. The highest BCUT2D eigenvalue weighted by Crippen LogP contribution is 2.38. The Hall–Kier alpha value is -1.16. The lowest BCUT2D eigenvalue weighted by molar-refractivity contribution is 0.699. The summed E-state index contributed by atoms with van der Waals surface area (Å²) in [5.74, 6) is 2.71. The fourth-order valence-electron chi connectivity index (χ4n) is 1.99. The van der Waals surface area contributed by atoms with Crippen LogP contribution in [0.1, 0.15) is 26.0 Å².